The molecule has 2 heterocycles. The standard InChI is InChI=1S/C14H13N5O/c15-6-8-19-9-13(17-18-19)14(20)11-3-1-5-12-10(11)4-2-7-16-12/h1-5,7,9H,6,8,15H2. The van der Waals surface area contributed by atoms with Gasteiger partial charge in [-0.3, -0.25) is 14.5 Å². The average molecular weight is 267 g/mol. The second-order valence-electron chi connectivity index (χ2n) is 4.36. The minimum absolute atomic E-state index is 0.160. The van der Waals surface area contributed by atoms with Gasteiger partial charge in [0.2, 0.25) is 5.78 Å². The van der Waals surface area contributed by atoms with Crippen molar-refractivity contribution < 1.29 is 4.79 Å². The molecule has 0 atom stereocenters. The van der Waals surface area contributed by atoms with Crippen molar-refractivity contribution >= 4 is 16.7 Å². The minimum atomic E-state index is -0.160. The van der Waals surface area contributed by atoms with E-state index in [1.54, 1.807) is 23.1 Å². The van der Waals surface area contributed by atoms with Crippen LogP contribution in [0.25, 0.3) is 10.9 Å². The average Bonchev–Trinajstić information content (AvgIpc) is 2.95. The maximum atomic E-state index is 12.5. The number of nitrogens with two attached hydrogens (primary N) is 1. The topological polar surface area (TPSA) is 86.7 Å². The fourth-order valence-corrected chi connectivity index (χ4v) is 2.08. The Kier molecular flexibility index (Phi) is 3.22. The fraction of sp³-hybridized carbons (Fsp3) is 0.143. The summed E-state index contributed by atoms with van der Waals surface area (Å²) in [4.78, 5) is 16.7. The van der Waals surface area contributed by atoms with Crippen LogP contribution in [0.3, 0.4) is 0 Å². The van der Waals surface area contributed by atoms with Crippen molar-refractivity contribution in [3.8, 4) is 0 Å². The highest BCUT2D eigenvalue weighted by atomic mass is 16.1. The third-order valence-electron chi connectivity index (χ3n) is 3.02. The Morgan fingerprint density at radius 3 is 3.00 bits per heavy atom. The lowest BCUT2D eigenvalue weighted by molar-refractivity contribution is 0.103. The zero-order valence-electron chi connectivity index (χ0n) is 10.7. The number of aromatic nitrogens is 4. The molecule has 0 unspecified atom stereocenters. The number of pyridine rings is 1. The molecule has 0 saturated carbocycles. The highest BCUT2D eigenvalue weighted by Gasteiger charge is 2.16. The van der Waals surface area contributed by atoms with Gasteiger partial charge in [-0.15, -0.1) is 5.10 Å². The predicted octanol–water partition coefficient (Wildman–Crippen LogP) is 1.02. The van der Waals surface area contributed by atoms with E-state index in [0.717, 1.165) is 10.9 Å². The number of ketones is 1. The Morgan fingerprint density at radius 2 is 2.15 bits per heavy atom. The van der Waals surface area contributed by atoms with Gasteiger partial charge in [0.15, 0.2) is 5.69 Å². The van der Waals surface area contributed by atoms with Crippen LogP contribution in [-0.4, -0.2) is 32.3 Å². The van der Waals surface area contributed by atoms with E-state index in [1.165, 1.54) is 0 Å². The van der Waals surface area contributed by atoms with Gasteiger partial charge >= 0.3 is 0 Å². The van der Waals surface area contributed by atoms with E-state index in [4.69, 9.17) is 5.73 Å². The first-order valence-electron chi connectivity index (χ1n) is 6.28. The van der Waals surface area contributed by atoms with Crippen molar-refractivity contribution in [1.29, 1.82) is 0 Å². The normalized spacial score (nSPS) is 10.8. The van der Waals surface area contributed by atoms with E-state index >= 15 is 0 Å². The summed E-state index contributed by atoms with van der Waals surface area (Å²) in [5.41, 5.74) is 7.13. The highest BCUT2D eigenvalue weighted by Crippen LogP contribution is 2.18. The van der Waals surface area contributed by atoms with Crippen LogP contribution >= 0.6 is 0 Å². The van der Waals surface area contributed by atoms with E-state index in [0.29, 0.717) is 24.3 Å². The van der Waals surface area contributed by atoms with Crippen LogP contribution in [0.1, 0.15) is 16.1 Å². The minimum Gasteiger partial charge on any atom is -0.329 e. The Labute approximate surface area is 115 Å². The molecule has 0 spiro atoms. The molecule has 0 aliphatic heterocycles. The number of fused-ring (bicyclic) bond motifs is 1. The van der Waals surface area contributed by atoms with Crippen molar-refractivity contribution in [2.75, 3.05) is 6.54 Å². The molecule has 0 saturated heterocycles. The Morgan fingerprint density at radius 1 is 1.25 bits per heavy atom. The van der Waals surface area contributed by atoms with E-state index in [9.17, 15) is 4.79 Å². The second kappa shape index (κ2) is 5.18. The van der Waals surface area contributed by atoms with E-state index in [-0.39, 0.29) is 5.78 Å². The van der Waals surface area contributed by atoms with Gasteiger partial charge in [0.05, 0.1) is 18.3 Å². The number of hydrogen-bond donors (Lipinski definition) is 1. The second-order valence-corrected chi connectivity index (χ2v) is 4.36. The number of nitrogens with zero attached hydrogens (tertiary/aromatic N) is 4. The van der Waals surface area contributed by atoms with Gasteiger partial charge in [-0.1, -0.05) is 23.4 Å². The summed E-state index contributed by atoms with van der Waals surface area (Å²) >= 11 is 0. The van der Waals surface area contributed by atoms with Gasteiger partial charge in [0.25, 0.3) is 0 Å². The third kappa shape index (κ3) is 2.17. The zero-order chi connectivity index (χ0) is 13.9. The van der Waals surface area contributed by atoms with Gasteiger partial charge < -0.3 is 5.73 Å². The molecule has 2 N–H and O–H groups in total. The quantitative estimate of drug-likeness (QED) is 0.713. The van der Waals surface area contributed by atoms with Crippen LogP contribution in [0.4, 0.5) is 0 Å². The molecule has 100 valence electrons. The first-order chi connectivity index (χ1) is 9.79. The van der Waals surface area contributed by atoms with E-state index < -0.39 is 0 Å². The number of carbonyl (C=O) groups excluding carboxylic acids is 1. The lowest BCUT2D eigenvalue weighted by atomic mass is 10.0. The van der Waals surface area contributed by atoms with Crippen LogP contribution < -0.4 is 5.73 Å². The molecule has 6 nitrogen and oxygen atoms in total. The number of carbonyl (C=O) groups is 1. The summed E-state index contributed by atoms with van der Waals surface area (Å²) in [6.45, 7) is 0.993. The molecule has 0 radical (unpaired) electrons. The van der Waals surface area contributed by atoms with Crippen LogP contribution in [-0.2, 0) is 6.54 Å². The van der Waals surface area contributed by atoms with E-state index in [2.05, 4.69) is 15.3 Å². The van der Waals surface area contributed by atoms with Gasteiger partial charge in [-0.2, -0.15) is 0 Å². The molecule has 0 fully saturated rings. The summed E-state index contributed by atoms with van der Waals surface area (Å²) < 4.78 is 1.57. The molecule has 2 aromatic heterocycles. The Balaban J connectivity index is 2.03. The van der Waals surface area contributed by atoms with Gasteiger partial charge in [-0.25, -0.2) is 0 Å². The first kappa shape index (κ1) is 12.4. The predicted molar refractivity (Wildman–Crippen MR) is 74.3 cm³/mol. The third-order valence-corrected chi connectivity index (χ3v) is 3.02. The summed E-state index contributed by atoms with van der Waals surface area (Å²) in [5, 5.41) is 8.60. The van der Waals surface area contributed by atoms with Crippen molar-refractivity contribution in [3.05, 3.63) is 54.0 Å². The number of rotatable bonds is 4. The summed E-state index contributed by atoms with van der Waals surface area (Å²) in [6.07, 6.45) is 3.32. The van der Waals surface area contributed by atoms with Crippen LogP contribution in [0.2, 0.25) is 0 Å². The highest BCUT2D eigenvalue weighted by molar-refractivity contribution is 6.14. The molecule has 0 bridgehead atoms. The smallest absolute Gasteiger partial charge is 0.215 e. The lowest BCUT2D eigenvalue weighted by Gasteiger charge is -2.02. The molecular formula is C14H13N5O. The molecule has 1 aromatic carbocycles. The largest absolute Gasteiger partial charge is 0.329 e. The molecule has 3 rings (SSSR count). The van der Waals surface area contributed by atoms with Crippen molar-refractivity contribution in [3.63, 3.8) is 0 Å². The summed E-state index contributed by atoms with van der Waals surface area (Å²) in [7, 11) is 0. The van der Waals surface area contributed by atoms with Crippen LogP contribution in [0.5, 0.6) is 0 Å². The monoisotopic (exact) mass is 267 g/mol. The molecule has 0 aliphatic carbocycles. The first-order valence-corrected chi connectivity index (χ1v) is 6.28. The zero-order valence-corrected chi connectivity index (χ0v) is 10.7. The fourth-order valence-electron chi connectivity index (χ4n) is 2.08. The number of benzene rings is 1. The van der Waals surface area contributed by atoms with Crippen LogP contribution in [0.15, 0.2) is 42.7 Å². The summed E-state index contributed by atoms with van der Waals surface area (Å²) in [6, 6.07) is 9.14. The Hall–Kier alpha value is -2.60. The number of hydrogen-bond acceptors (Lipinski definition) is 5. The summed E-state index contributed by atoms with van der Waals surface area (Å²) in [5.74, 6) is -0.160. The molecular weight excluding hydrogens is 254 g/mol. The molecule has 20 heavy (non-hydrogen) atoms. The van der Waals surface area contributed by atoms with Gasteiger partial charge in [0.1, 0.15) is 0 Å². The maximum absolute atomic E-state index is 12.5. The molecule has 0 aliphatic rings. The Bertz CT molecular complexity index is 760. The van der Waals surface area contributed by atoms with Crippen molar-refractivity contribution in [2.45, 2.75) is 6.54 Å². The van der Waals surface area contributed by atoms with Gasteiger partial charge in [0, 0.05) is 23.7 Å². The maximum Gasteiger partial charge on any atom is 0.215 e. The van der Waals surface area contributed by atoms with Gasteiger partial charge in [-0.05, 0) is 12.1 Å². The lowest BCUT2D eigenvalue weighted by Crippen LogP contribution is -2.10. The van der Waals surface area contributed by atoms with Crippen molar-refractivity contribution in [2.24, 2.45) is 5.73 Å². The SMILES string of the molecule is NCCn1cc(C(=O)c2cccc3ncccc23)nn1. The molecule has 0 amide bonds. The van der Waals surface area contributed by atoms with Crippen LogP contribution in [0, 0.1) is 0 Å². The van der Waals surface area contributed by atoms with E-state index in [1.807, 2.05) is 24.3 Å². The van der Waals surface area contributed by atoms with Crippen molar-refractivity contribution in [1.82, 2.24) is 20.0 Å². The molecule has 3 aromatic rings. The molecule has 6 heteroatoms.